The van der Waals surface area contributed by atoms with Crippen LogP contribution in [0.5, 0.6) is 0 Å². The van der Waals surface area contributed by atoms with Crippen LogP contribution in [0, 0.1) is 12.2 Å². The zero-order valence-corrected chi connectivity index (χ0v) is 11.7. The Hall–Kier alpha value is -0.417. The van der Waals surface area contributed by atoms with Crippen molar-refractivity contribution in [3.05, 3.63) is 48.1 Å². The minimum atomic E-state index is 0. The van der Waals surface area contributed by atoms with Gasteiger partial charge in [-0.3, -0.25) is 12.2 Å². The van der Waals surface area contributed by atoms with Gasteiger partial charge in [-0.2, -0.15) is 12.2 Å². The van der Waals surface area contributed by atoms with Crippen LogP contribution < -0.4 is 0 Å². The smallest absolute Gasteiger partial charge is 0.273 e. The van der Waals surface area contributed by atoms with Crippen molar-refractivity contribution in [3.8, 4) is 0 Å². The van der Waals surface area contributed by atoms with Crippen LogP contribution in [-0.2, 0) is 19.5 Å². The van der Waals surface area contributed by atoms with Gasteiger partial charge in [-0.25, -0.2) is 23.8 Å². The Labute approximate surface area is 113 Å². The molecule has 0 unspecified atom stereocenters. The molecule has 2 rings (SSSR count). The molecule has 0 aromatic heterocycles. The van der Waals surface area contributed by atoms with E-state index in [2.05, 4.69) is 37.3 Å². The van der Waals surface area contributed by atoms with Crippen LogP contribution in [0.15, 0.2) is 36.0 Å². The van der Waals surface area contributed by atoms with Crippen molar-refractivity contribution in [2.24, 2.45) is 0 Å². The Balaban J connectivity index is 0.000000318. The van der Waals surface area contributed by atoms with Crippen LogP contribution in [0.3, 0.4) is 0 Å². The molecule has 0 fully saturated rings. The molecule has 16 heavy (non-hydrogen) atoms. The number of allylic oxidation sites excluding steroid dienone is 8. The van der Waals surface area contributed by atoms with Crippen molar-refractivity contribution in [2.45, 2.75) is 45.4 Å². The van der Waals surface area contributed by atoms with Crippen molar-refractivity contribution in [1.29, 1.82) is 0 Å². The summed E-state index contributed by atoms with van der Waals surface area (Å²) in [6.07, 6.45) is 24.0. The molecule has 0 bridgehead atoms. The third-order valence-electron chi connectivity index (χ3n) is 2.40. The predicted molar refractivity (Wildman–Crippen MR) is 66.2 cm³/mol. The normalized spacial score (nSPS) is 15.4. The fraction of sp³-hybridized carbons (Fsp3) is 0.467. The Morgan fingerprint density at radius 1 is 1.19 bits per heavy atom. The first-order valence-electron chi connectivity index (χ1n) is 5.91. The molecule has 0 radical (unpaired) electrons. The zero-order chi connectivity index (χ0) is 10.8. The number of rotatable bonds is 4. The minimum Gasteiger partial charge on any atom is -0.273 e. The maximum absolute atomic E-state index is 3.32. The molecule has 0 saturated heterocycles. The quantitative estimate of drug-likeness (QED) is 0.406. The molecule has 0 aromatic carbocycles. The number of unbranched alkanes of at least 4 members (excludes halogenated alkanes) is 2. The average molecular weight is 301 g/mol. The van der Waals surface area contributed by atoms with Gasteiger partial charge in [0, 0.05) is 0 Å². The van der Waals surface area contributed by atoms with E-state index in [1.807, 2.05) is 12.2 Å². The van der Waals surface area contributed by atoms with Gasteiger partial charge in [0.25, 0.3) is 0 Å². The molecular formula is C15H20Ru. The molecule has 0 amide bonds. The van der Waals surface area contributed by atoms with Gasteiger partial charge in [0.1, 0.15) is 0 Å². The second-order valence-electron chi connectivity index (χ2n) is 3.77. The molecular weight excluding hydrogens is 281 g/mol. The zero-order valence-electron chi connectivity index (χ0n) is 9.98. The molecule has 0 saturated carbocycles. The second-order valence-corrected chi connectivity index (χ2v) is 3.77. The molecule has 0 spiro atoms. The third kappa shape index (κ3) is 7.82. The molecule has 0 heterocycles. The van der Waals surface area contributed by atoms with E-state index in [-0.39, 0.29) is 19.5 Å². The first kappa shape index (κ1) is 15.6. The Kier molecular flexibility index (Phi) is 10.8. The number of hydrogen-bond donors (Lipinski definition) is 0. The van der Waals surface area contributed by atoms with E-state index >= 15 is 0 Å². The first-order valence-corrected chi connectivity index (χ1v) is 5.91. The van der Waals surface area contributed by atoms with E-state index in [4.69, 9.17) is 0 Å². The Morgan fingerprint density at radius 2 is 2.06 bits per heavy atom. The molecule has 2 aliphatic carbocycles. The fourth-order valence-corrected chi connectivity index (χ4v) is 1.53. The molecule has 0 aliphatic heterocycles. The molecule has 0 nitrogen and oxygen atoms in total. The monoisotopic (exact) mass is 302 g/mol. The second kappa shape index (κ2) is 11.1. The average Bonchev–Trinajstić information content (AvgIpc) is 2.94. The summed E-state index contributed by atoms with van der Waals surface area (Å²) in [7, 11) is 0. The van der Waals surface area contributed by atoms with Gasteiger partial charge < -0.3 is 0 Å². The van der Waals surface area contributed by atoms with Crippen LogP contribution >= 0.6 is 0 Å². The summed E-state index contributed by atoms with van der Waals surface area (Å²) in [6, 6.07) is 0. The minimum absolute atomic E-state index is 0. The summed E-state index contributed by atoms with van der Waals surface area (Å²) in [5.74, 6) is 0. The molecule has 88 valence electrons. The van der Waals surface area contributed by atoms with E-state index in [1.165, 1.54) is 31.3 Å². The van der Waals surface area contributed by atoms with Gasteiger partial charge in [0.05, 0.1) is 0 Å². The van der Waals surface area contributed by atoms with Crippen molar-refractivity contribution >= 4 is 0 Å². The van der Waals surface area contributed by atoms with E-state index in [9.17, 15) is 0 Å². The summed E-state index contributed by atoms with van der Waals surface area (Å²) in [5.41, 5.74) is 1.42. The third-order valence-corrected chi connectivity index (χ3v) is 2.40. The van der Waals surface area contributed by atoms with Gasteiger partial charge in [-0.1, -0.05) is 32.6 Å². The van der Waals surface area contributed by atoms with E-state index < -0.39 is 0 Å². The van der Waals surface area contributed by atoms with E-state index in [1.54, 1.807) is 0 Å². The van der Waals surface area contributed by atoms with Crippen LogP contribution in [-0.4, -0.2) is 0 Å². The topological polar surface area (TPSA) is 0 Å². The van der Waals surface area contributed by atoms with Crippen molar-refractivity contribution in [3.63, 3.8) is 0 Å². The summed E-state index contributed by atoms with van der Waals surface area (Å²) >= 11 is 0. The van der Waals surface area contributed by atoms with Crippen LogP contribution in [0.4, 0.5) is 0 Å². The molecule has 0 N–H and O–H groups in total. The van der Waals surface area contributed by atoms with Crippen molar-refractivity contribution in [1.82, 2.24) is 0 Å². The van der Waals surface area contributed by atoms with Gasteiger partial charge in [-0.15, -0.1) is 12.8 Å². The van der Waals surface area contributed by atoms with Crippen molar-refractivity contribution in [2.75, 3.05) is 0 Å². The summed E-state index contributed by atoms with van der Waals surface area (Å²) in [5, 5.41) is 0. The Morgan fingerprint density at radius 3 is 2.50 bits per heavy atom. The molecule has 1 heteroatoms. The van der Waals surface area contributed by atoms with Crippen LogP contribution in [0.1, 0.15) is 45.4 Å². The van der Waals surface area contributed by atoms with Gasteiger partial charge >= 0.3 is 19.5 Å². The van der Waals surface area contributed by atoms with Gasteiger partial charge in [0.15, 0.2) is 0 Å². The molecule has 0 aromatic rings. The van der Waals surface area contributed by atoms with E-state index in [0.717, 1.165) is 12.8 Å². The van der Waals surface area contributed by atoms with E-state index in [0.29, 0.717) is 0 Å². The molecule has 0 atom stereocenters. The number of hydrogen-bond acceptors (Lipinski definition) is 0. The van der Waals surface area contributed by atoms with Crippen LogP contribution in [0.2, 0.25) is 0 Å². The van der Waals surface area contributed by atoms with Crippen LogP contribution in [0.25, 0.3) is 0 Å². The standard InChI is InChI=1S/C10H15.C5H5.Ru/c1-2-3-4-7-10-8-5-6-9-10;1-2-4-5-3-1;/h5,8H,2-4,6-7H2,1H3;1-3H,4H2;/q2*-1;+2. The van der Waals surface area contributed by atoms with Gasteiger partial charge in [0.2, 0.25) is 0 Å². The van der Waals surface area contributed by atoms with Gasteiger partial charge in [-0.05, 0) is 0 Å². The summed E-state index contributed by atoms with van der Waals surface area (Å²) < 4.78 is 0. The largest absolute Gasteiger partial charge is 2.00 e. The first-order chi connectivity index (χ1) is 7.43. The fourth-order valence-electron chi connectivity index (χ4n) is 1.53. The van der Waals surface area contributed by atoms with Crippen molar-refractivity contribution < 1.29 is 19.5 Å². The SMILES string of the molecule is CCCCCC1=[C-]CC=C1.[C-]1=CC=CC1.[Ru+2]. The maximum Gasteiger partial charge on any atom is 2.00 e. The predicted octanol–water partition coefficient (Wildman–Crippen LogP) is 4.56. The maximum atomic E-state index is 3.32. The molecule has 2 aliphatic rings. The summed E-state index contributed by atoms with van der Waals surface area (Å²) in [4.78, 5) is 0. The Bertz CT molecular complexity index is 259. The summed E-state index contributed by atoms with van der Waals surface area (Å²) in [6.45, 7) is 2.24.